The third kappa shape index (κ3) is 6.20. The molecular formula is C16H23Re-2. The normalized spacial score (nSPS) is 16.6. The summed E-state index contributed by atoms with van der Waals surface area (Å²) < 4.78 is 0. The van der Waals surface area contributed by atoms with Gasteiger partial charge < -0.3 is 0 Å². The first-order chi connectivity index (χ1) is 7.61. The van der Waals surface area contributed by atoms with E-state index in [-0.39, 0.29) is 20.4 Å². The van der Waals surface area contributed by atoms with E-state index < -0.39 is 0 Å². The van der Waals surface area contributed by atoms with Gasteiger partial charge in [0.25, 0.3) is 0 Å². The molecule has 17 heavy (non-hydrogen) atoms. The Morgan fingerprint density at radius 1 is 0.824 bits per heavy atom. The number of hydrogen-bond donors (Lipinski definition) is 0. The molecule has 0 aromatic carbocycles. The first-order valence-corrected chi connectivity index (χ1v) is 6.15. The predicted molar refractivity (Wildman–Crippen MR) is 72.1 cm³/mol. The van der Waals surface area contributed by atoms with Gasteiger partial charge in [-0.3, -0.25) is 12.2 Å². The van der Waals surface area contributed by atoms with Crippen molar-refractivity contribution in [2.75, 3.05) is 0 Å². The van der Waals surface area contributed by atoms with Crippen LogP contribution in [0.4, 0.5) is 0 Å². The number of hydrogen-bond acceptors (Lipinski definition) is 0. The van der Waals surface area contributed by atoms with Gasteiger partial charge in [0.2, 0.25) is 0 Å². The van der Waals surface area contributed by atoms with Crippen LogP contribution in [-0.4, -0.2) is 0 Å². The maximum atomic E-state index is 3.26. The fourth-order valence-electron chi connectivity index (χ4n) is 1.64. The maximum absolute atomic E-state index is 3.26. The molecule has 0 saturated carbocycles. The predicted octanol–water partition coefficient (Wildman–Crippen LogP) is 4.39. The Balaban J connectivity index is 0.000000284. The molecule has 0 amide bonds. The zero-order valence-electron chi connectivity index (χ0n) is 11.3. The Kier molecular flexibility index (Phi) is 8.48. The van der Waals surface area contributed by atoms with Crippen LogP contribution in [0, 0.1) is 24.0 Å². The quantitative estimate of drug-likeness (QED) is 0.602. The molecule has 0 aromatic rings. The number of allylic oxidation sites excluding steroid dienone is 8. The molecule has 0 atom stereocenters. The Labute approximate surface area is 120 Å². The van der Waals surface area contributed by atoms with Gasteiger partial charge in [-0.15, -0.1) is 12.8 Å². The second kappa shape index (κ2) is 8.68. The van der Waals surface area contributed by atoms with Gasteiger partial charge in [0.05, 0.1) is 0 Å². The van der Waals surface area contributed by atoms with E-state index in [1.807, 2.05) is 0 Å². The molecular weight excluding hydrogens is 378 g/mol. The van der Waals surface area contributed by atoms with Gasteiger partial charge in [-0.25, -0.2) is 23.3 Å². The molecule has 0 fully saturated rings. The van der Waals surface area contributed by atoms with Crippen LogP contribution in [0.3, 0.4) is 0 Å². The van der Waals surface area contributed by atoms with Gasteiger partial charge in [-0.1, -0.05) is 39.5 Å². The van der Waals surface area contributed by atoms with Gasteiger partial charge >= 0.3 is 20.4 Å². The SMILES string of the molecule is CC(C)C1=[C-]CC=C1.CC(C)C1=[C-]CC=C1.[ReH]. The Morgan fingerprint density at radius 2 is 1.18 bits per heavy atom. The summed E-state index contributed by atoms with van der Waals surface area (Å²) in [6.07, 6.45) is 17.2. The first kappa shape index (κ1) is 16.6. The summed E-state index contributed by atoms with van der Waals surface area (Å²) in [6, 6.07) is 0. The van der Waals surface area contributed by atoms with Gasteiger partial charge in [-0.2, -0.15) is 12.2 Å². The Hall–Kier alpha value is -0.378. The molecule has 0 spiro atoms. The van der Waals surface area contributed by atoms with Crippen molar-refractivity contribution in [2.45, 2.75) is 40.5 Å². The van der Waals surface area contributed by atoms with Crippen molar-refractivity contribution in [1.82, 2.24) is 0 Å². The van der Waals surface area contributed by atoms with E-state index in [1.165, 1.54) is 11.1 Å². The van der Waals surface area contributed by atoms with Gasteiger partial charge in [0, 0.05) is 0 Å². The average molecular weight is 402 g/mol. The van der Waals surface area contributed by atoms with E-state index in [9.17, 15) is 0 Å². The van der Waals surface area contributed by atoms with Crippen LogP contribution in [0.1, 0.15) is 40.5 Å². The molecule has 2 aliphatic carbocycles. The number of rotatable bonds is 2. The third-order valence-corrected chi connectivity index (χ3v) is 2.69. The van der Waals surface area contributed by atoms with Crippen LogP contribution in [0.5, 0.6) is 0 Å². The molecule has 96 valence electrons. The molecule has 2 rings (SSSR count). The molecule has 0 N–H and O–H groups in total. The van der Waals surface area contributed by atoms with Crippen LogP contribution < -0.4 is 0 Å². The summed E-state index contributed by atoms with van der Waals surface area (Å²) >= 11 is 0. The Bertz CT molecular complexity index is 293. The van der Waals surface area contributed by atoms with E-state index >= 15 is 0 Å². The topological polar surface area (TPSA) is 0 Å². The molecule has 1 radical (unpaired) electrons. The summed E-state index contributed by atoms with van der Waals surface area (Å²) in [5.74, 6) is 1.32. The van der Waals surface area contributed by atoms with Crippen LogP contribution >= 0.6 is 0 Å². The van der Waals surface area contributed by atoms with Gasteiger partial charge in [-0.05, 0) is 0 Å². The molecule has 0 saturated heterocycles. The van der Waals surface area contributed by atoms with Crippen molar-refractivity contribution in [1.29, 1.82) is 0 Å². The average Bonchev–Trinajstić information content (AvgIpc) is 2.93. The van der Waals surface area contributed by atoms with Crippen LogP contribution in [0.2, 0.25) is 0 Å². The van der Waals surface area contributed by atoms with Crippen molar-refractivity contribution < 1.29 is 20.4 Å². The van der Waals surface area contributed by atoms with Crippen LogP contribution in [0.15, 0.2) is 35.5 Å². The van der Waals surface area contributed by atoms with Crippen LogP contribution in [0.25, 0.3) is 0 Å². The summed E-state index contributed by atoms with van der Waals surface area (Å²) in [7, 11) is 0. The van der Waals surface area contributed by atoms with E-state index in [0.29, 0.717) is 11.8 Å². The fourth-order valence-corrected chi connectivity index (χ4v) is 1.64. The fraction of sp³-hybridized carbons (Fsp3) is 0.500. The summed E-state index contributed by atoms with van der Waals surface area (Å²) in [4.78, 5) is 0. The third-order valence-electron chi connectivity index (χ3n) is 2.69. The molecule has 0 aliphatic heterocycles. The molecule has 0 heterocycles. The standard InChI is InChI=1S/2C8H11.Re.H/c2*1-7(2)8-5-3-4-6-8;;/h2*3,5,7H,4H2,1-2H3;;/q2*-1;;. The summed E-state index contributed by atoms with van der Waals surface area (Å²) in [5, 5.41) is 0. The molecule has 0 aromatic heterocycles. The van der Waals surface area contributed by atoms with Crippen molar-refractivity contribution in [3.8, 4) is 0 Å². The molecule has 0 unspecified atom stereocenters. The first-order valence-electron chi connectivity index (χ1n) is 6.15. The van der Waals surface area contributed by atoms with E-state index in [4.69, 9.17) is 0 Å². The molecule has 2 aliphatic rings. The van der Waals surface area contributed by atoms with E-state index in [0.717, 1.165) is 12.8 Å². The second-order valence-corrected chi connectivity index (χ2v) is 4.79. The minimum absolute atomic E-state index is 0. The van der Waals surface area contributed by atoms with Crippen molar-refractivity contribution in [2.24, 2.45) is 11.8 Å². The Morgan fingerprint density at radius 3 is 1.29 bits per heavy atom. The zero-order chi connectivity index (χ0) is 12.0. The zero-order valence-corrected chi connectivity index (χ0v) is 14.2. The molecule has 0 nitrogen and oxygen atoms in total. The monoisotopic (exact) mass is 402 g/mol. The summed E-state index contributed by atoms with van der Waals surface area (Å²) in [5.41, 5.74) is 2.73. The van der Waals surface area contributed by atoms with Crippen molar-refractivity contribution >= 4 is 0 Å². The van der Waals surface area contributed by atoms with Crippen molar-refractivity contribution in [3.05, 3.63) is 47.6 Å². The summed E-state index contributed by atoms with van der Waals surface area (Å²) in [6.45, 7) is 8.77. The minimum atomic E-state index is 0. The van der Waals surface area contributed by atoms with Gasteiger partial charge in [0.15, 0.2) is 0 Å². The van der Waals surface area contributed by atoms with Crippen molar-refractivity contribution in [3.63, 3.8) is 0 Å². The molecule has 0 bridgehead atoms. The second-order valence-electron chi connectivity index (χ2n) is 4.79. The van der Waals surface area contributed by atoms with Crippen LogP contribution in [-0.2, 0) is 20.4 Å². The van der Waals surface area contributed by atoms with E-state index in [1.54, 1.807) is 0 Å². The van der Waals surface area contributed by atoms with Gasteiger partial charge in [0.1, 0.15) is 0 Å². The molecule has 1 heteroatoms. The van der Waals surface area contributed by atoms with E-state index in [2.05, 4.69) is 64.2 Å².